The van der Waals surface area contributed by atoms with Crippen molar-refractivity contribution >= 4 is 30.1 Å². The third-order valence-corrected chi connectivity index (χ3v) is 11.2. The zero-order chi connectivity index (χ0) is 24.9. The molecule has 4 nitrogen and oxygen atoms in total. The molecule has 0 atom stereocenters. The lowest BCUT2D eigenvalue weighted by Crippen LogP contribution is -2.68. The molecule has 3 N–H and O–H groups in total. The fraction of sp³-hybridized carbons (Fsp3) is 0.167. The Bertz CT molecular complexity index is 1270. The van der Waals surface area contributed by atoms with Gasteiger partial charge in [-0.25, -0.2) is 0 Å². The highest BCUT2D eigenvalue weighted by Crippen LogP contribution is 2.37. The van der Waals surface area contributed by atoms with Gasteiger partial charge in [0, 0.05) is 6.54 Å². The molecule has 0 saturated carbocycles. The van der Waals surface area contributed by atoms with E-state index < -0.39 is 8.32 Å². The Hall–Kier alpha value is -4.01. The summed E-state index contributed by atoms with van der Waals surface area (Å²) in [6.07, 6.45) is 0. The van der Waals surface area contributed by atoms with Crippen molar-refractivity contribution in [2.24, 2.45) is 0 Å². The molecule has 4 aromatic rings. The first-order chi connectivity index (χ1) is 16.8. The van der Waals surface area contributed by atoms with Crippen LogP contribution in [-0.2, 0) is 6.54 Å². The van der Waals surface area contributed by atoms with E-state index in [4.69, 9.17) is 15.4 Å². The topological polar surface area (TPSA) is 71.1 Å². The molecule has 0 aliphatic rings. The van der Waals surface area contributed by atoms with Gasteiger partial charge in [-0.15, -0.1) is 0 Å². The summed E-state index contributed by atoms with van der Waals surface area (Å²) in [6.45, 7) is 7.45. The molecule has 5 heteroatoms. The molecule has 0 saturated heterocycles. The summed E-state index contributed by atoms with van der Waals surface area (Å²) in [7, 11) is -2.65. The van der Waals surface area contributed by atoms with Gasteiger partial charge in [0.05, 0.1) is 23.0 Å². The van der Waals surface area contributed by atoms with Crippen LogP contribution in [0.25, 0.3) is 0 Å². The van der Waals surface area contributed by atoms with Crippen molar-refractivity contribution in [1.29, 1.82) is 5.26 Å². The number of hydrogen-bond donors (Lipinski definition) is 2. The van der Waals surface area contributed by atoms with Crippen molar-refractivity contribution in [3.63, 3.8) is 0 Å². The molecule has 0 fully saturated rings. The smallest absolute Gasteiger partial charge is 0.319 e. The highest BCUT2D eigenvalue weighted by molar-refractivity contribution is 7.00. The molecule has 0 unspecified atom stereocenters. The first-order valence-corrected chi connectivity index (χ1v) is 13.7. The summed E-state index contributed by atoms with van der Waals surface area (Å²) in [6, 6.07) is 37.0. The molecule has 0 heterocycles. The van der Waals surface area contributed by atoms with E-state index in [1.54, 1.807) is 12.1 Å². The van der Waals surface area contributed by atoms with Crippen molar-refractivity contribution < 1.29 is 4.43 Å². The monoisotopic (exact) mass is 477 g/mol. The highest BCUT2D eigenvalue weighted by Gasteiger charge is 2.52. The molecule has 0 amide bonds. The van der Waals surface area contributed by atoms with Crippen molar-refractivity contribution in [3.05, 3.63) is 114 Å². The van der Waals surface area contributed by atoms with Crippen LogP contribution in [0.1, 0.15) is 31.9 Å². The van der Waals surface area contributed by atoms with E-state index in [1.165, 1.54) is 10.4 Å². The van der Waals surface area contributed by atoms with E-state index >= 15 is 0 Å². The zero-order valence-corrected chi connectivity index (χ0v) is 21.5. The average molecular weight is 478 g/mol. The maximum atomic E-state index is 9.03. The van der Waals surface area contributed by atoms with Crippen molar-refractivity contribution in [1.82, 2.24) is 0 Å². The summed E-state index contributed by atoms with van der Waals surface area (Å²) in [5, 5.41) is 14.8. The molecule has 4 rings (SSSR count). The first kappa shape index (κ1) is 24.1. The third kappa shape index (κ3) is 5.08. The molecule has 4 aromatic carbocycles. The van der Waals surface area contributed by atoms with Crippen LogP contribution in [0.4, 0.5) is 11.4 Å². The molecule has 176 valence electrons. The normalized spacial score (nSPS) is 11.5. The Morgan fingerprint density at radius 2 is 1.40 bits per heavy atom. The predicted molar refractivity (Wildman–Crippen MR) is 148 cm³/mol. The Labute approximate surface area is 209 Å². The second-order valence-corrected chi connectivity index (χ2v) is 13.9. The molecule has 0 radical (unpaired) electrons. The molecule has 0 aromatic heterocycles. The van der Waals surface area contributed by atoms with E-state index in [9.17, 15) is 0 Å². The van der Waals surface area contributed by atoms with Gasteiger partial charge in [0.25, 0.3) is 0 Å². The molecule has 0 spiro atoms. The number of benzene rings is 4. The van der Waals surface area contributed by atoms with Gasteiger partial charge in [0.1, 0.15) is 5.75 Å². The van der Waals surface area contributed by atoms with Crippen LogP contribution < -0.4 is 25.8 Å². The molecular formula is C30H31N3OSi. The summed E-state index contributed by atoms with van der Waals surface area (Å²) in [5.74, 6) is 0.862. The standard InChI is InChI=1S/C30H31N3OSi/c1-30(2,3)35(26-10-6-4-7-11-26,27-12-8-5-9-13-27)34-25-17-14-23(15-18-25)22-33-29-19-16-24(21-31)20-28(29)32/h4-20,33H,22,32H2,1-3H3. The molecule has 0 aliphatic heterocycles. The second kappa shape index (κ2) is 10.1. The Morgan fingerprint density at radius 3 is 1.89 bits per heavy atom. The minimum absolute atomic E-state index is 0.0942. The highest BCUT2D eigenvalue weighted by atomic mass is 28.4. The van der Waals surface area contributed by atoms with Gasteiger partial charge < -0.3 is 15.5 Å². The lowest BCUT2D eigenvalue weighted by atomic mass is 10.1. The van der Waals surface area contributed by atoms with Crippen molar-refractivity contribution in [2.45, 2.75) is 32.4 Å². The molecule has 0 aliphatic carbocycles. The summed E-state index contributed by atoms with van der Waals surface area (Å²) in [5.41, 5.74) is 9.13. The van der Waals surface area contributed by atoms with Crippen molar-refractivity contribution in [2.75, 3.05) is 11.1 Å². The fourth-order valence-corrected chi connectivity index (χ4v) is 8.91. The van der Waals surface area contributed by atoms with Crippen LogP contribution >= 0.6 is 0 Å². The molecular weight excluding hydrogens is 446 g/mol. The van der Waals surface area contributed by atoms with E-state index in [2.05, 4.69) is 117 Å². The maximum Gasteiger partial charge on any atom is 0.319 e. The molecule has 0 bridgehead atoms. The zero-order valence-electron chi connectivity index (χ0n) is 20.5. The van der Waals surface area contributed by atoms with Crippen LogP contribution in [0.2, 0.25) is 5.04 Å². The number of nitrogens with one attached hydrogen (secondary N) is 1. The maximum absolute atomic E-state index is 9.03. The van der Waals surface area contributed by atoms with Crippen LogP contribution in [-0.4, -0.2) is 8.32 Å². The lowest BCUT2D eigenvalue weighted by Gasteiger charge is -2.43. The van der Waals surface area contributed by atoms with Gasteiger partial charge in [-0.1, -0.05) is 93.6 Å². The number of nitrogens with zero attached hydrogens (tertiary/aromatic N) is 1. The van der Waals surface area contributed by atoms with Crippen LogP contribution in [0.5, 0.6) is 5.75 Å². The van der Waals surface area contributed by atoms with Gasteiger partial charge >= 0.3 is 8.32 Å². The minimum atomic E-state index is -2.65. The Balaban J connectivity index is 1.62. The minimum Gasteiger partial charge on any atom is -0.534 e. The van der Waals surface area contributed by atoms with E-state index in [-0.39, 0.29) is 5.04 Å². The van der Waals surface area contributed by atoms with Gasteiger partial charge in [-0.3, -0.25) is 0 Å². The van der Waals surface area contributed by atoms with Gasteiger partial charge in [0.15, 0.2) is 0 Å². The lowest BCUT2D eigenvalue weighted by molar-refractivity contribution is 0.508. The van der Waals surface area contributed by atoms with Crippen molar-refractivity contribution in [3.8, 4) is 11.8 Å². The quantitative estimate of drug-likeness (QED) is 0.265. The van der Waals surface area contributed by atoms with E-state index in [0.29, 0.717) is 17.8 Å². The van der Waals surface area contributed by atoms with E-state index in [1.807, 2.05) is 6.07 Å². The first-order valence-electron chi connectivity index (χ1n) is 11.8. The van der Waals surface area contributed by atoms with Crippen LogP contribution in [0.15, 0.2) is 103 Å². The SMILES string of the molecule is CC(C)(C)[Si](Oc1ccc(CNc2ccc(C#N)cc2N)cc1)(c1ccccc1)c1ccccc1. The molecule has 35 heavy (non-hydrogen) atoms. The van der Waals surface area contributed by atoms with Crippen LogP contribution in [0.3, 0.4) is 0 Å². The average Bonchev–Trinajstić information content (AvgIpc) is 2.87. The predicted octanol–water partition coefficient (Wildman–Crippen LogP) is 5.69. The second-order valence-electron chi connectivity index (χ2n) is 9.68. The summed E-state index contributed by atoms with van der Waals surface area (Å²) >= 11 is 0. The number of nitrogens with two attached hydrogens (primary N) is 1. The number of nitriles is 1. The Morgan fingerprint density at radius 1 is 0.829 bits per heavy atom. The number of nitrogen functional groups attached to an aromatic ring is 1. The number of rotatable bonds is 7. The largest absolute Gasteiger partial charge is 0.534 e. The number of anilines is 2. The fourth-order valence-electron chi connectivity index (χ4n) is 4.49. The third-order valence-electron chi connectivity index (χ3n) is 6.27. The van der Waals surface area contributed by atoms with Gasteiger partial charge in [0.2, 0.25) is 0 Å². The van der Waals surface area contributed by atoms with Crippen LogP contribution in [0, 0.1) is 11.3 Å². The van der Waals surface area contributed by atoms with Gasteiger partial charge in [-0.05, 0) is 51.3 Å². The Kier molecular flexibility index (Phi) is 6.95. The van der Waals surface area contributed by atoms with Gasteiger partial charge in [-0.2, -0.15) is 5.26 Å². The van der Waals surface area contributed by atoms with E-state index in [0.717, 1.165) is 17.0 Å². The summed E-state index contributed by atoms with van der Waals surface area (Å²) < 4.78 is 7.07. The summed E-state index contributed by atoms with van der Waals surface area (Å²) in [4.78, 5) is 0. The number of hydrogen-bond acceptors (Lipinski definition) is 4.